The van der Waals surface area contributed by atoms with E-state index in [1.807, 2.05) is 0 Å². The van der Waals surface area contributed by atoms with E-state index in [4.69, 9.17) is 9.47 Å². The second-order valence-electron chi connectivity index (χ2n) is 17.5. The maximum absolute atomic E-state index is 13.5. The number of carbonyl (C=O) groups excluding carboxylic acids is 2. The molecule has 0 bridgehead atoms. The quantitative estimate of drug-likeness (QED) is 0.0841. The van der Waals surface area contributed by atoms with Crippen molar-refractivity contribution in [2.45, 2.75) is 50.6 Å². The van der Waals surface area contributed by atoms with E-state index in [1.165, 1.54) is 101 Å². The summed E-state index contributed by atoms with van der Waals surface area (Å²) in [6.07, 6.45) is 5.79. The van der Waals surface area contributed by atoms with Gasteiger partial charge in [0.25, 0.3) is 31.2 Å². The average Bonchev–Trinajstić information content (AvgIpc) is 3.39. The van der Waals surface area contributed by atoms with Crippen LogP contribution in [0.25, 0.3) is 44.1 Å². The Balaban J connectivity index is 0.000000221. The lowest BCUT2D eigenvalue weighted by Crippen LogP contribution is -2.32. The Morgan fingerprint density at radius 3 is 1.29 bits per heavy atom. The van der Waals surface area contributed by atoms with Crippen LogP contribution in [0.1, 0.15) is 25.0 Å². The van der Waals surface area contributed by atoms with Crippen molar-refractivity contribution in [2.24, 2.45) is 11.8 Å². The number of methoxy groups -OCH3 is 2. The van der Waals surface area contributed by atoms with Gasteiger partial charge in [0.1, 0.15) is 23.0 Å². The molecular weight excluding hydrogens is 1030 g/mol. The highest BCUT2D eigenvalue weighted by molar-refractivity contribution is 7.93. The van der Waals surface area contributed by atoms with Gasteiger partial charge in [0, 0.05) is 50.7 Å². The van der Waals surface area contributed by atoms with Crippen LogP contribution in [0.5, 0.6) is 11.8 Å². The number of benzene rings is 4. The number of carbonyl (C=O) groups is 2. The van der Waals surface area contributed by atoms with Gasteiger partial charge >= 0.3 is 0 Å². The Labute approximate surface area is 435 Å². The van der Waals surface area contributed by atoms with Crippen LogP contribution in [0.2, 0.25) is 0 Å². The molecule has 24 heteroatoms. The molecule has 396 valence electrons. The van der Waals surface area contributed by atoms with Crippen LogP contribution in [-0.2, 0) is 42.7 Å². The van der Waals surface area contributed by atoms with E-state index in [9.17, 15) is 44.8 Å². The first-order valence-electron chi connectivity index (χ1n) is 23.2. The number of pyridine rings is 2. The zero-order valence-electron chi connectivity index (χ0n) is 42.3. The number of fused-ring (bicyclic) bond motifs is 2. The van der Waals surface area contributed by atoms with Crippen molar-refractivity contribution in [1.29, 1.82) is 0 Å². The second-order valence-corrected chi connectivity index (χ2v) is 20.8. The lowest BCUT2D eigenvalue weighted by Gasteiger charge is -2.14. The third kappa shape index (κ3) is 12.1. The number of ether oxygens (including phenoxy) is 2. The Bertz CT molecular complexity index is 3660. The van der Waals surface area contributed by atoms with Crippen molar-refractivity contribution in [3.63, 3.8) is 0 Å². The van der Waals surface area contributed by atoms with Gasteiger partial charge in [0.2, 0.25) is 23.6 Å². The third-order valence-corrected chi connectivity index (χ3v) is 15.1. The van der Waals surface area contributed by atoms with Crippen LogP contribution >= 0.6 is 0 Å². The molecule has 4 aromatic heterocycles. The Hall–Kier alpha value is -8.64. The van der Waals surface area contributed by atoms with E-state index in [1.54, 1.807) is 50.2 Å². The van der Waals surface area contributed by atoms with Crippen molar-refractivity contribution < 1.29 is 44.7 Å². The van der Waals surface area contributed by atoms with Gasteiger partial charge in [0.05, 0.1) is 70.3 Å². The van der Waals surface area contributed by atoms with Gasteiger partial charge in [-0.3, -0.25) is 37.8 Å². The Morgan fingerprint density at radius 1 is 0.566 bits per heavy atom. The number of sulfonamides is 2. The van der Waals surface area contributed by atoms with Gasteiger partial charge < -0.3 is 20.1 Å². The number of rotatable bonds is 16. The molecule has 0 aliphatic heterocycles. The topological polar surface area (TPSA) is 265 Å². The number of hydrogen-bond donors (Lipinski definition) is 4. The predicted molar refractivity (Wildman–Crippen MR) is 282 cm³/mol. The van der Waals surface area contributed by atoms with Crippen LogP contribution in [0.4, 0.5) is 20.2 Å². The number of amides is 2. The molecule has 76 heavy (non-hydrogen) atoms. The minimum absolute atomic E-state index is 0.0325. The molecule has 0 aliphatic rings. The fraction of sp³-hybridized carbons (Fsp3) is 0.231. The van der Waals surface area contributed by atoms with E-state index >= 15 is 0 Å². The third-order valence-electron chi connectivity index (χ3n) is 12.1. The number of aryl methyl sites for hydroxylation is 2. The lowest BCUT2D eigenvalue weighted by atomic mass is 10.0. The van der Waals surface area contributed by atoms with Crippen LogP contribution in [0.15, 0.2) is 129 Å². The fourth-order valence-electron chi connectivity index (χ4n) is 8.11. The molecule has 8 aromatic rings. The summed E-state index contributed by atoms with van der Waals surface area (Å²) in [7, 11) is -2.41. The molecule has 20 nitrogen and oxygen atoms in total. The number of halogens is 2. The summed E-state index contributed by atoms with van der Waals surface area (Å²) in [6.45, 7) is 6.73. The summed E-state index contributed by atoms with van der Waals surface area (Å²) < 4.78 is 97.5. The maximum Gasteiger partial charge on any atom is 0.262 e. The number of nitrogens with one attached hydrogen (secondary N) is 4. The average molecular weight is 1080 g/mol. The van der Waals surface area contributed by atoms with Crippen LogP contribution < -0.4 is 40.7 Å². The second kappa shape index (κ2) is 22.9. The highest BCUT2D eigenvalue weighted by Gasteiger charge is 2.23. The van der Waals surface area contributed by atoms with Gasteiger partial charge in [0.15, 0.2) is 0 Å². The summed E-state index contributed by atoms with van der Waals surface area (Å²) >= 11 is 0. The van der Waals surface area contributed by atoms with Gasteiger partial charge in [-0.15, -0.1) is 0 Å². The molecule has 0 saturated carbocycles. The summed E-state index contributed by atoms with van der Waals surface area (Å²) in [5, 5.41) is 5.78. The standard InChI is InChI=1S/2C26H26FN5O5S/c2*1-15-9-19(27)6-8-23(15)38(35,36)31-22-11-18(12-29-25(22)37-4)17-5-7-21-20(10-17)26(34)32(14-30-21)13-16(2)24(33)28-3/h2*5-12,14,16,31H,13H2,1-4H3,(H,28,33)/t2*16-/m10/s1. The molecule has 8 rings (SSSR count). The van der Waals surface area contributed by atoms with Crippen LogP contribution in [0, 0.1) is 37.3 Å². The first-order chi connectivity index (χ1) is 36.1. The van der Waals surface area contributed by atoms with Crippen molar-refractivity contribution in [2.75, 3.05) is 37.8 Å². The van der Waals surface area contributed by atoms with Gasteiger partial charge in [-0.2, -0.15) is 0 Å². The Morgan fingerprint density at radius 2 is 0.947 bits per heavy atom. The molecule has 0 aliphatic carbocycles. The molecule has 4 N–H and O–H groups in total. The monoisotopic (exact) mass is 1080 g/mol. The lowest BCUT2D eigenvalue weighted by molar-refractivity contribution is -0.125. The molecular formula is C52H52F2N10O10S2. The van der Waals surface area contributed by atoms with Gasteiger partial charge in [-0.1, -0.05) is 26.0 Å². The molecule has 2 amide bonds. The van der Waals surface area contributed by atoms with Crippen molar-refractivity contribution in [1.82, 2.24) is 39.7 Å². The number of hydrogen-bond acceptors (Lipinski definition) is 14. The van der Waals surface area contributed by atoms with E-state index in [2.05, 4.69) is 40.0 Å². The van der Waals surface area contributed by atoms with E-state index in [-0.39, 0.29) is 80.1 Å². The number of anilines is 2. The first kappa shape index (κ1) is 55.1. The molecule has 0 spiro atoms. The van der Waals surface area contributed by atoms with Crippen molar-refractivity contribution in [3.8, 4) is 34.0 Å². The zero-order chi connectivity index (χ0) is 55.2. The summed E-state index contributed by atoms with van der Waals surface area (Å²) in [6, 6.07) is 19.9. The zero-order valence-corrected chi connectivity index (χ0v) is 43.9. The SMILES string of the molecule is CNC(=O)[C@@H](C)Cn1cnc2ccc(-c3cnc(OC)c(NS(=O)(=O)c4ccc(F)cc4C)c3)cc2c1=O.CNC(=O)[C@H](C)Cn1cnc2ccc(-c3cnc(OC)c(NS(=O)(=O)c4ccc(F)cc4C)c3)cc2c1=O. The van der Waals surface area contributed by atoms with Gasteiger partial charge in [-0.05, 0) is 109 Å². The normalized spacial score (nSPS) is 12.2. The number of aromatic nitrogens is 6. The molecule has 0 radical (unpaired) electrons. The summed E-state index contributed by atoms with van der Waals surface area (Å²) in [5.41, 5.74) is 3.11. The summed E-state index contributed by atoms with van der Waals surface area (Å²) in [4.78, 5) is 67.1. The largest absolute Gasteiger partial charge is 0.480 e. The first-order valence-corrected chi connectivity index (χ1v) is 26.1. The molecule has 0 fully saturated rings. The molecule has 4 heterocycles. The smallest absolute Gasteiger partial charge is 0.262 e. The molecule has 4 aromatic carbocycles. The van der Waals surface area contributed by atoms with Crippen LogP contribution in [-0.4, -0.2) is 86.0 Å². The minimum atomic E-state index is -4.09. The predicted octanol–water partition coefficient (Wildman–Crippen LogP) is 6.20. The fourth-order valence-corrected chi connectivity index (χ4v) is 10.7. The molecule has 0 saturated heterocycles. The minimum Gasteiger partial charge on any atom is -0.480 e. The Kier molecular flexibility index (Phi) is 16.6. The van der Waals surface area contributed by atoms with Crippen LogP contribution in [0.3, 0.4) is 0 Å². The van der Waals surface area contributed by atoms with Crippen molar-refractivity contribution in [3.05, 3.63) is 153 Å². The van der Waals surface area contributed by atoms with Gasteiger partial charge in [-0.25, -0.2) is 45.6 Å². The summed E-state index contributed by atoms with van der Waals surface area (Å²) in [5.74, 6) is -2.29. The van der Waals surface area contributed by atoms with Crippen molar-refractivity contribution >= 4 is 65.0 Å². The molecule has 2 atom stereocenters. The molecule has 0 unspecified atom stereocenters. The number of nitrogens with zero attached hydrogens (tertiary/aromatic N) is 6. The van der Waals surface area contributed by atoms with E-state index < -0.39 is 43.5 Å². The maximum atomic E-state index is 13.5. The van der Waals surface area contributed by atoms with E-state index in [0.29, 0.717) is 44.1 Å². The highest BCUT2D eigenvalue weighted by Crippen LogP contribution is 2.33. The van der Waals surface area contributed by atoms with E-state index in [0.717, 1.165) is 24.3 Å². The highest BCUT2D eigenvalue weighted by atomic mass is 32.2.